The van der Waals surface area contributed by atoms with Crippen LogP contribution in [0.15, 0.2) is 30.5 Å². The lowest BCUT2D eigenvalue weighted by atomic mass is 10.1. The molecule has 8 heteroatoms. The molecular formula is C18H21N5O2S. The van der Waals surface area contributed by atoms with Crippen LogP contribution >= 0.6 is 11.3 Å². The maximum absolute atomic E-state index is 12.2. The van der Waals surface area contributed by atoms with Crippen LogP contribution in [-0.2, 0) is 7.05 Å². The van der Waals surface area contributed by atoms with E-state index < -0.39 is 0 Å². The highest BCUT2D eigenvalue weighted by atomic mass is 32.1. The van der Waals surface area contributed by atoms with E-state index in [1.165, 1.54) is 0 Å². The van der Waals surface area contributed by atoms with Crippen molar-refractivity contribution in [3.05, 3.63) is 36.2 Å². The van der Waals surface area contributed by atoms with Gasteiger partial charge in [-0.2, -0.15) is 5.10 Å². The number of rotatable bonds is 4. The topological polar surface area (TPSA) is 72.3 Å². The molecule has 0 aliphatic carbocycles. The zero-order valence-corrected chi connectivity index (χ0v) is 15.6. The van der Waals surface area contributed by atoms with Crippen molar-refractivity contribution in [1.29, 1.82) is 0 Å². The van der Waals surface area contributed by atoms with E-state index in [9.17, 15) is 4.79 Å². The number of amides is 1. The highest BCUT2D eigenvalue weighted by Crippen LogP contribution is 2.34. The van der Waals surface area contributed by atoms with Crippen LogP contribution in [0.2, 0.25) is 0 Å². The fraction of sp³-hybridized carbons (Fsp3) is 0.389. The molecule has 3 aromatic rings. The number of piperidine rings is 1. The van der Waals surface area contributed by atoms with Crippen molar-refractivity contribution in [3.63, 3.8) is 0 Å². The van der Waals surface area contributed by atoms with Gasteiger partial charge in [0.25, 0.3) is 5.91 Å². The van der Waals surface area contributed by atoms with E-state index >= 15 is 0 Å². The molecule has 0 unspecified atom stereocenters. The van der Waals surface area contributed by atoms with E-state index in [1.807, 2.05) is 19.2 Å². The van der Waals surface area contributed by atoms with E-state index in [1.54, 1.807) is 35.4 Å². The second kappa shape index (κ2) is 6.95. The number of carbonyl (C=O) groups is 1. The Kier molecular flexibility index (Phi) is 4.50. The molecular weight excluding hydrogens is 350 g/mol. The van der Waals surface area contributed by atoms with Crippen molar-refractivity contribution in [2.24, 2.45) is 7.05 Å². The number of nitrogens with one attached hydrogen (secondary N) is 1. The Morgan fingerprint density at radius 3 is 2.81 bits per heavy atom. The molecule has 1 aliphatic heterocycles. The second-order valence-corrected chi connectivity index (χ2v) is 7.42. The van der Waals surface area contributed by atoms with Gasteiger partial charge in [0, 0.05) is 32.4 Å². The summed E-state index contributed by atoms with van der Waals surface area (Å²) in [5.74, 6) is 0.705. The molecule has 1 N–H and O–H groups in total. The summed E-state index contributed by atoms with van der Waals surface area (Å²) in [6.07, 6.45) is 3.57. The third-order valence-corrected chi connectivity index (χ3v) is 5.72. The lowest BCUT2D eigenvalue weighted by Crippen LogP contribution is -2.44. The van der Waals surface area contributed by atoms with Gasteiger partial charge in [0.15, 0.2) is 5.13 Å². The lowest BCUT2D eigenvalue weighted by molar-refractivity contribution is 0.0925. The van der Waals surface area contributed by atoms with Crippen LogP contribution in [0.1, 0.15) is 23.3 Å². The molecule has 26 heavy (non-hydrogen) atoms. The van der Waals surface area contributed by atoms with Gasteiger partial charge in [0.1, 0.15) is 17.0 Å². The van der Waals surface area contributed by atoms with Gasteiger partial charge in [0.05, 0.1) is 11.8 Å². The molecule has 0 bridgehead atoms. The molecule has 4 rings (SSSR count). The molecule has 3 heterocycles. The van der Waals surface area contributed by atoms with Crippen molar-refractivity contribution in [1.82, 2.24) is 20.1 Å². The average molecular weight is 371 g/mol. The summed E-state index contributed by atoms with van der Waals surface area (Å²) in [5, 5.41) is 8.25. The number of aryl methyl sites for hydroxylation is 1. The van der Waals surface area contributed by atoms with Gasteiger partial charge < -0.3 is 15.0 Å². The Balaban J connectivity index is 1.40. The molecule has 0 saturated carbocycles. The number of methoxy groups -OCH3 is 1. The van der Waals surface area contributed by atoms with Gasteiger partial charge in [-0.1, -0.05) is 17.4 Å². The number of aromatic nitrogens is 3. The normalized spacial score (nSPS) is 15.4. The maximum atomic E-state index is 12.2. The van der Waals surface area contributed by atoms with Gasteiger partial charge in [-0.15, -0.1) is 0 Å². The molecule has 0 spiro atoms. The van der Waals surface area contributed by atoms with Gasteiger partial charge in [-0.25, -0.2) is 4.98 Å². The van der Waals surface area contributed by atoms with E-state index in [2.05, 4.69) is 21.4 Å². The minimum absolute atomic E-state index is 0.103. The first-order valence-corrected chi connectivity index (χ1v) is 9.44. The van der Waals surface area contributed by atoms with Gasteiger partial charge >= 0.3 is 0 Å². The number of hydrogen-bond donors (Lipinski definition) is 1. The molecule has 136 valence electrons. The molecule has 0 radical (unpaired) electrons. The quantitative estimate of drug-likeness (QED) is 0.763. The SMILES string of the molecule is COc1cccc2sc(N3CCC(NC(=O)c4ccn(C)n4)CC3)nc12. The molecule has 1 fully saturated rings. The largest absolute Gasteiger partial charge is 0.494 e. The second-order valence-electron chi connectivity index (χ2n) is 6.41. The number of anilines is 1. The third-order valence-electron chi connectivity index (χ3n) is 4.64. The van der Waals surface area contributed by atoms with E-state index in [4.69, 9.17) is 9.72 Å². The van der Waals surface area contributed by atoms with Crippen LogP contribution in [0, 0.1) is 0 Å². The van der Waals surface area contributed by atoms with Crippen LogP contribution in [0.5, 0.6) is 5.75 Å². The van der Waals surface area contributed by atoms with Crippen LogP contribution in [0.3, 0.4) is 0 Å². The predicted molar refractivity (Wildman–Crippen MR) is 102 cm³/mol. The molecule has 7 nitrogen and oxygen atoms in total. The number of fused-ring (bicyclic) bond motifs is 1. The first-order valence-electron chi connectivity index (χ1n) is 8.63. The molecule has 1 amide bonds. The molecule has 1 aromatic carbocycles. The van der Waals surface area contributed by atoms with Crippen molar-refractivity contribution in [3.8, 4) is 5.75 Å². The van der Waals surface area contributed by atoms with Crippen LogP contribution in [0.4, 0.5) is 5.13 Å². The fourth-order valence-electron chi connectivity index (χ4n) is 3.22. The predicted octanol–water partition coefficient (Wildman–Crippen LogP) is 2.44. The summed E-state index contributed by atoms with van der Waals surface area (Å²) in [7, 11) is 3.48. The van der Waals surface area contributed by atoms with Gasteiger partial charge in [0.2, 0.25) is 0 Å². The van der Waals surface area contributed by atoms with Crippen molar-refractivity contribution >= 4 is 32.6 Å². The molecule has 0 atom stereocenters. The number of hydrogen-bond acceptors (Lipinski definition) is 6. The molecule has 1 aliphatic rings. The standard InChI is InChI=1S/C18H21N5O2S/c1-22-9-8-13(21-22)17(24)19-12-6-10-23(11-7-12)18-20-16-14(25-2)4-3-5-15(16)26-18/h3-5,8-9,12H,6-7,10-11H2,1-2H3,(H,19,24). The summed E-state index contributed by atoms with van der Waals surface area (Å²) in [6.45, 7) is 1.74. The molecule has 2 aromatic heterocycles. The lowest BCUT2D eigenvalue weighted by Gasteiger charge is -2.31. The number of nitrogens with zero attached hydrogens (tertiary/aromatic N) is 4. The Hall–Kier alpha value is -2.61. The van der Waals surface area contributed by atoms with Gasteiger partial charge in [-0.3, -0.25) is 9.48 Å². The summed E-state index contributed by atoms with van der Waals surface area (Å²) in [4.78, 5) is 19.3. The summed E-state index contributed by atoms with van der Waals surface area (Å²) < 4.78 is 8.17. The Labute approximate surface area is 155 Å². The minimum Gasteiger partial charge on any atom is -0.494 e. The summed E-state index contributed by atoms with van der Waals surface area (Å²) in [6, 6.07) is 7.90. The van der Waals surface area contributed by atoms with E-state index in [0.717, 1.165) is 47.0 Å². The van der Waals surface area contributed by atoms with Crippen LogP contribution in [-0.4, -0.2) is 46.9 Å². The Morgan fingerprint density at radius 1 is 1.31 bits per heavy atom. The monoisotopic (exact) mass is 371 g/mol. The van der Waals surface area contributed by atoms with Crippen LogP contribution < -0.4 is 15.0 Å². The van der Waals surface area contributed by atoms with Crippen molar-refractivity contribution in [2.45, 2.75) is 18.9 Å². The third kappa shape index (κ3) is 3.24. The Bertz CT molecular complexity index is 927. The fourth-order valence-corrected chi connectivity index (χ4v) is 4.26. The highest BCUT2D eigenvalue weighted by molar-refractivity contribution is 7.22. The smallest absolute Gasteiger partial charge is 0.271 e. The maximum Gasteiger partial charge on any atom is 0.271 e. The van der Waals surface area contributed by atoms with Crippen molar-refractivity contribution < 1.29 is 9.53 Å². The number of ether oxygens (including phenoxy) is 1. The zero-order chi connectivity index (χ0) is 18.1. The van der Waals surface area contributed by atoms with E-state index in [0.29, 0.717) is 5.69 Å². The number of benzene rings is 1. The van der Waals surface area contributed by atoms with Crippen molar-refractivity contribution in [2.75, 3.05) is 25.1 Å². The average Bonchev–Trinajstić information content (AvgIpc) is 3.28. The van der Waals surface area contributed by atoms with Crippen LogP contribution in [0.25, 0.3) is 10.2 Å². The highest BCUT2D eigenvalue weighted by Gasteiger charge is 2.24. The zero-order valence-electron chi connectivity index (χ0n) is 14.8. The summed E-state index contributed by atoms with van der Waals surface area (Å²) >= 11 is 1.68. The van der Waals surface area contributed by atoms with E-state index in [-0.39, 0.29) is 11.9 Å². The first kappa shape index (κ1) is 16.8. The van der Waals surface area contributed by atoms with Gasteiger partial charge in [-0.05, 0) is 31.0 Å². The number of para-hydroxylation sites is 1. The number of thiazole rings is 1. The molecule has 1 saturated heterocycles. The first-order chi connectivity index (χ1) is 12.6. The Morgan fingerprint density at radius 2 is 2.12 bits per heavy atom. The number of carbonyl (C=O) groups excluding carboxylic acids is 1. The summed E-state index contributed by atoms with van der Waals surface area (Å²) in [5.41, 5.74) is 1.38. The minimum atomic E-state index is -0.103.